The average Bonchev–Trinajstić information content (AvgIpc) is 2.24. The smallest absolute Gasteiger partial charge is 0.0429 e. The normalized spacial score (nSPS) is 8.57. The predicted molar refractivity (Wildman–Crippen MR) is 64.6 cm³/mol. The van der Waals surface area contributed by atoms with Crippen molar-refractivity contribution in [1.82, 2.24) is 0 Å². The van der Waals surface area contributed by atoms with E-state index in [0.29, 0.717) is 0 Å². The summed E-state index contributed by atoms with van der Waals surface area (Å²) in [5.41, 5.74) is 3.19. The van der Waals surface area contributed by atoms with Crippen molar-refractivity contribution in [2.75, 3.05) is 11.9 Å². The molecule has 2 N–H and O–H groups in total. The average molecular weight is 192 g/mol. The fraction of sp³-hybridized carbons (Fsp3) is 0.417. The summed E-state index contributed by atoms with van der Waals surface area (Å²) in [5.74, 6) is 0. The van der Waals surface area contributed by atoms with Crippen LogP contribution in [0.15, 0.2) is 18.2 Å². The van der Waals surface area contributed by atoms with Crippen molar-refractivity contribution >= 4 is 11.9 Å². The molecule has 14 heavy (non-hydrogen) atoms. The Morgan fingerprint density at radius 1 is 1.36 bits per heavy atom. The maximum Gasteiger partial charge on any atom is 0.0429 e. The molecule has 0 spiro atoms. The summed E-state index contributed by atoms with van der Waals surface area (Å²) in [6.07, 6.45) is 1.38. The van der Waals surface area contributed by atoms with Crippen molar-refractivity contribution < 1.29 is 0 Å². The van der Waals surface area contributed by atoms with Crippen molar-refractivity contribution in [3.05, 3.63) is 29.3 Å². The Labute approximate surface area is 86.9 Å². The number of nitrogens with one attached hydrogen (secondary N) is 2. The Bertz CT molecular complexity index is 280. The first-order chi connectivity index (χ1) is 6.77. The third-order valence-corrected chi connectivity index (χ3v) is 1.73. The summed E-state index contributed by atoms with van der Waals surface area (Å²) >= 11 is 0. The Morgan fingerprint density at radius 3 is 2.50 bits per heavy atom. The SMILES string of the molecule is CC.CCNc1ccc(C)cc1C=N. The van der Waals surface area contributed by atoms with E-state index in [-0.39, 0.29) is 0 Å². The summed E-state index contributed by atoms with van der Waals surface area (Å²) in [6, 6.07) is 6.06. The molecule has 1 aromatic rings. The van der Waals surface area contributed by atoms with Crippen LogP contribution in [0.1, 0.15) is 31.9 Å². The van der Waals surface area contributed by atoms with Gasteiger partial charge in [-0.3, -0.25) is 0 Å². The Kier molecular flexibility index (Phi) is 6.46. The molecule has 0 aromatic heterocycles. The molecule has 2 heteroatoms. The predicted octanol–water partition coefficient (Wildman–Crippen LogP) is 3.45. The van der Waals surface area contributed by atoms with Gasteiger partial charge in [0.1, 0.15) is 0 Å². The Morgan fingerprint density at radius 2 is 2.00 bits per heavy atom. The molecule has 1 rings (SSSR count). The van der Waals surface area contributed by atoms with Gasteiger partial charge in [-0.05, 0) is 26.0 Å². The molecule has 0 bridgehead atoms. The lowest BCUT2D eigenvalue weighted by atomic mass is 10.1. The van der Waals surface area contributed by atoms with E-state index in [2.05, 4.69) is 5.32 Å². The number of anilines is 1. The van der Waals surface area contributed by atoms with Crippen molar-refractivity contribution in [1.29, 1.82) is 5.41 Å². The van der Waals surface area contributed by atoms with E-state index in [1.165, 1.54) is 11.8 Å². The van der Waals surface area contributed by atoms with Gasteiger partial charge in [-0.15, -0.1) is 0 Å². The Balaban J connectivity index is 0.000000791. The van der Waals surface area contributed by atoms with Gasteiger partial charge in [0, 0.05) is 24.0 Å². The van der Waals surface area contributed by atoms with Gasteiger partial charge in [0.15, 0.2) is 0 Å². The minimum absolute atomic E-state index is 0.893. The van der Waals surface area contributed by atoms with Crippen molar-refractivity contribution in [2.45, 2.75) is 27.7 Å². The summed E-state index contributed by atoms with van der Waals surface area (Å²) in [6.45, 7) is 8.97. The largest absolute Gasteiger partial charge is 0.385 e. The van der Waals surface area contributed by atoms with Crippen LogP contribution in [0.2, 0.25) is 0 Å². The fourth-order valence-electron chi connectivity index (χ4n) is 1.15. The molecular formula is C12H20N2. The van der Waals surface area contributed by atoms with Crippen LogP contribution in [0, 0.1) is 12.3 Å². The van der Waals surface area contributed by atoms with Crippen LogP contribution in [-0.2, 0) is 0 Å². The Hall–Kier alpha value is -1.31. The molecule has 0 radical (unpaired) electrons. The molecule has 0 unspecified atom stereocenters. The molecule has 0 aliphatic rings. The first-order valence-electron chi connectivity index (χ1n) is 5.13. The lowest BCUT2D eigenvalue weighted by molar-refractivity contribution is 1.21. The van der Waals surface area contributed by atoms with Gasteiger partial charge in [-0.2, -0.15) is 0 Å². The number of aryl methyl sites for hydroxylation is 1. The monoisotopic (exact) mass is 192 g/mol. The third-order valence-electron chi connectivity index (χ3n) is 1.73. The van der Waals surface area contributed by atoms with Crippen molar-refractivity contribution in [3.8, 4) is 0 Å². The highest BCUT2D eigenvalue weighted by Gasteiger charge is 1.97. The summed E-state index contributed by atoms with van der Waals surface area (Å²) in [4.78, 5) is 0. The number of rotatable bonds is 3. The topological polar surface area (TPSA) is 35.9 Å². The lowest BCUT2D eigenvalue weighted by Gasteiger charge is -2.07. The molecule has 0 saturated heterocycles. The first kappa shape index (κ1) is 12.7. The second-order valence-electron chi connectivity index (χ2n) is 2.77. The lowest BCUT2D eigenvalue weighted by Crippen LogP contribution is -2.00. The number of benzene rings is 1. The van der Waals surface area contributed by atoms with Crippen LogP contribution >= 0.6 is 0 Å². The molecule has 0 atom stereocenters. The van der Waals surface area contributed by atoms with E-state index in [9.17, 15) is 0 Å². The molecule has 2 nitrogen and oxygen atoms in total. The van der Waals surface area contributed by atoms with E-state index in [4.69, 9.17) is 5.41 Å². The maximum absolute atomic E-state index is 7.19. The molecular weight excluding hydrogens is 172 g/mol. The van der Waals surface area contributed by atoms with Gasteiger partial charge < -0.3 is 10.7 Å². The third kappa shape index (κ3) is 3.60. The van der Waals surface area contributed by atoms with Gasteiger partial charge >= 0.3 is 0 Å². The molecule has 0 heterocycles. The van der Waals surface area contributed by atoms with Crippen LogP contribution in [0.25, 0.3) is 0 Å². The number of hydrogen-bond acceptors (Lipinski definition) is 2. The summed E-state index contributed by atoms with van der Waals surface area (Å²) in [7, 11) is 0. The van der Waals surface area contributed by atoms with Crippen LogP contribution in [0.5, 0.6) is 0 Å². The van der Waals surface area contributed by atoms with Gasteiger partial charge in [-0.1, -0.05) is 25.5 Å². The first-order valence-corrected chi connectivity index (χ1v) is 5.13. The highest BCUT2D eigenvalue weighted by molar-refractivity contribution is 5.86. The highest BCUT2D eigenvalue weighted by Crippen LogP contribution is 2.14. The zero-order chi connectivity index (χ0) is 11.0. The highest BCUT2D eigenvalue weighted by atomic mass is 14.9. The van der Waals surface area contributed by atoms with Crippen LogP contribution in [0.3, 0.4) is 0 Å². The zero-order valence-corrected chi connectivity index (χ0v) is 9.52. The van der Waals surface area contributed by atoms with E-state index >= 15 is 0 Å². The van der Waals surface area contributed by atoms with Crippen molar-refractivity contribution in [3.63, 3.8) is 0 Å². The second-order valence-corrected chi connectivity index (χ2v) is 2.77. The maximum atomic E-state index is 7.19. The van der Waals surface area contributed by atoms with Crippen LogP contribution in [0.4, 0.5) is 5.69 Å². The van der Waals surface area contributed by atoms with Gasteiger partial charge in [0.25, 0.3) is 0 Å². The minimum Gasteiger partial charge on any atom is -0.385 e. The van der Waals surface area contributed by atoms with Crippen LogP contribution in [-0.4, -0.2) is 12.8 Å². The minimum atomic E-state index is 0.893. The molecule has 0 amide bonds. The van der Waals surface area contributed by atoms with Gasteiger partial charge in [-0.25, -0.2) is 0 Å². The number of hydrogen-bond donors (Lipinski definition) is 2. The fourth-order valence-corrected chi connectivity index (χ4v) is 1.15. The van der Waals surface area contributed by atoms with Gasteiger partial charge in [0.2, 0.25) is 0 Å². The molecule has 78 valence electrons. The van der Waals surface area contributed by atoms with E-state index < -0.39 is 0 Å². The van der Waals surface area contributed by atoms with Crippen LogP contribution < -0.4 is 5.32 Å². The second kappa shape index (κ2) is 7.13. The molecule has 0 fully saturated rings. The quantitative estimate of drug-likeness (QED) is 0.707. The van der Waals surface area contributed by atoms with E-state index in [0.717, 1.165) is 17.8 Å². The van der Waals surface area contributed by atoms with E-state index in [1.54, 1.807) is 0 Å². The molecule has 0 aliphatic carbocycles. The molecule has 1 aromatic carbocycles. The summed E-state index contributed by atoms with van der Waals surface area (Å²) < 4.78 is 0. The van der Waals surface area contributed by atoms with Gasteiger partial charge in [0.05, 0.1) is 0 Å². The zero-order valence-electron chi connectivity index (χ0n) is 9.52. The van der Waals surface area contributed by atoms with E-state index in [1.807, 2.05) is 45.9 Å². The summed E-state index contributed by atoms with van der Waals surface area (Å²) in [5, 5.41) is 10.4. The standard InChI is InChI=1S/C10H14N2.C2H6/c1-3-12-10-5-4-8(2)6-9(10)7-11;1-2/h4-7,11-12H,3H2,1-2H3;1-2H3. The molecule has 0 aliphatic heterocycles. The molecule has 0 saturated carbocycles. The van der Waals surface area contributed by atoms with Crippen molar-refractivity contribution in [2.24, 2.45) is 0 Å².